The fourth-order valence-corrected chi connectivity index (χ4v) is 0.953. The van der Waals surface area contributed by atoms with Crippen molar-refractivity contribution >= 4 is 15.9 Å². The predicted molar refractivity (Wildman–Crippen MR) is 53.9 cm³/mol. The second-order valence-corrected chi connectivity index (χ2v) is 3.59. The molecular weight excluding hydrogens is 234 g/mol. The monoisotopic (exact) mass is 245 g/mol. The first-order valence-electron chi connectivity index (χ1n) is 3.99. The first kappa shape index (κ1) is 10.5. The topological polar surface area (TPSA) is 31.4 Å². The minimum Gasteiger partial charge on any atom is -0.475 e. The van der Waals surface area contributed by atoms with Gasteiger partial charge in [0, 0.05) is 23.8 Å². The molecule has 0 spiro atoms. The van der Waals surface area contributed by atoms with E-state index in [9.17, 15) is 0 Å². The summed E-state index contributed by atoms with van der Waals surface area (Å²) in [5.41, 5.74) is 0. The van der Waals surface area contributed by atoms with E-state index < -0.39 is 0 Å². The van der Waals surface area contributed by atoms with Gasteiger partial charge in [0.15, 0.2) is 0 Å². The van der Waals surface area contributed by atoms with Crippen LogP contribution in [0.2, 0.25) is 0 Å². The maximum absolute atomic E-state index is 5.36. The average molecular weight is 246 g/mol. The molecule has 0 fully saturated rings. The molecule has 13 heavy (non-hydrogen) atoms. The summed E-state index contributed by atoms with van der Waals surface area (Å²) >= 11 is 3.30. The van der Waals surface area contributed by atoms with Crippen LogP contribution in [0.15, 0.2) is 22.8 Å². The van der Waals surface area contributed by atoms with Crippen LogP contribution in [0.4, 0.5) is 0 Å². The Balaban J connectivity index is 2.41. The van der Waals surface area contributed by atoms with Gasteiger partial charge in [-0.25, -0.2) is 4.98 Å². The van der Waals surface area contributed by atoms with E-state index in [-0.39, 0.29) is 6.10 Å². The third-order valence-corrected chi connectivity index (χ3v) is 2.04. The lowest BCUT2D eigenvalue weighted by molar-refractivity contribution is 0.0699. The molecule has 72 valence electrons. The fourth-order valence-electron chi connectivity index (χ4n) is 0.718. The minimum atomic E-state index is 0.0884. The second kappa shape index (κ2) is 5.19. The third kappa shape index (κ3) is 3.74. The Morgan fingerprint density at radius 3 is 2.85 bits per heavy atom. The smallest absolute Gasteiger partial charge is 0.213 e. The molecule has 0 aromatic carbocycles. The van der Waals surface area contributed by atoms with Crippen molar-refractivity contribution in [1.82, 2.24) is 4.98 Å². The van der Waals surface area contributed by atoms with Crippen molar-refractivity contribution in [1.29, 1.82) is 0 Å². The number of nitrogens with zero attached hydrogens (tertiary/aromatic N) is 1. The van der Waals surface area contributed by atoms with E-state index in [4.69, 9.17) is 9.47 Å². The number of pyridine rings is 1. The van der Waals surface area contributed by atoms with Gasteiger partial charge in [-0.3, -0.25) is 0 Å². The molecule has 0 N–H and O–H groups in total. The molecule has 1 unspecified atom stereocenters. The zero-order valence-electron chi connectivity index (χ0n) is 7.66. The largest absolute Gasteiger partial charge is 0.475 e. The van der Waals surface area contributed by atoms with E-state index in [1.807, 2.05) is 19.1 Å². The molecule has 0 bridgehead atoms. The van der Waals surface area contributed by atoms with Gasteiger partial charge in [-0.2, -0.15) is 0 Å². The lowest BCUT2D eigenvalue weighted by atomic mass is 10.4. The Morgan fingerprint density at radius 1 is 1.54 bits per heavy atom. The zero-order valence-corrected chi connectivity index (χ0v) is 9.24. The quantitative estimate of drug-likeness (QED) is 0.816. The molecular formula is C9H12BrNO2. The molecule has 1 aromatic rings. The summed E-state index contributed by atoms with van der Waals surface area (Å²) in [5, 5.41) is 0. The molecule has 1 aromatic heterocycles. The molecule has 1 rings (SSSR count). The Hall–Kier alpha value is -0.610. The summed E-state index contributed by atoms with van der Waals surface area (Å²) in [5.74, 6) is 0.618. The highest BCUT2D eigenvalue weighted by atomic mass is 79.9. The molecule has 0 radical (unpaired) electrons. The van der Waals surface area contributed by atoms with E-state index in [2.05, 4.69) is 20.9 Å². The van der Waals surface area contributed by atoms with E-state index in [0.29, 0.717) is 12.5 Å². The maximum atomic E-state index is 5.36. The molecule has 0 saturated heterocycles. The molecule has 0 aliphatic heterocycles. The van der Waals surface area contributed by atoms with Crippen molar-refractivity contribution in [3.05, 3.63) is 22.8 Å². The van der Waals surface area contributed by atoms with Gasteiger partial charge >= 0.3 is 0 Å². The Kier molecular flexibility index (Phi) is 4.18. The van der Waals surface area contributed by atoms with Gasteiger partial charge in [0.1, 0.15) is 6.61 Å². The lowest BCUT2D eigenvalue weighted by Crippen LogP contribution is -2.16. The summed E-state index contributed by atoms with van der Waals surface area (Å²) in [6, 6.07) is 3.70. The van der Waals surface area contributed by atoms with Gasteiger partial charge in [-0.15, -0.1) is 0 Å². The SMILES string of the molecule is COC(C)COc1ccc(Br)cn1. The highest BCUT2D eigenvalue weighted by molar-refractivity contribution is 9.10. The number of rotatable bonds is 4. The van der Waals surface area contributed by atoms with Gasteiger partial charge < -0.3 is 9.47 Å². The van der Waals surface area contributed by atoms with Crippen molar-refractivity contribution in [2.75, 3.05) is 13.7 Å². The minimum absolute atomic E-state index is 0.0884. The second-order valence-electron chi connectivity index (χ2n) is 2.67. The molecule has 0 aliphatic rings. The normalized spacial score (nSPS) is 12.5. The van der Waals surface area contributed by atoms with Crippen molar-refractivity contribution in [3.63, 3.8) is 0 Å². The summed E-state index contributed by atoms with van der Waals surface area (Å²) in [6.07, 6.45) is 1.79. The fraction of sp³-hybridized carbons (Fsp3) is 0.444. The average Bonchev–Trinajstić information content (AvgIpc) is 2.16. The summed E-state index contributed by atoms with van der Waals surface area (Å²) < 4.78 is 11.3. The number of hydrogen-bond acceptors (Lipinski definition) is 3. The molecule has 0 saturated carbocycles. The van der Waals surface area contributed by atoms with Crippen molar-refractivity contribution in [2.24, 2.45) is 0 Å². The summed E-state index contributed by atoms with van der Waals surface area (Å²) in [7, 11) is 1.66. The Labute approximate surface area is 86.2 Å². The van der Waals surface area contributed by atoms with Gasteiger partial charge in [0.2, 0.25) is 5.88 Å². The van der Waals surface area contributed by atoms with Crippen LogP contribution >= 0.6 is 15.9 Å². The highest BCUT2D eigenvalue weighted by Gasteiger charge is 2.00. The van der Waals surface area contributed by atoms with Crippen molar-refractivity contribution in [2.45, 2.75) is 13.0 Å². The zero-order chi connectivity index (χ0) is 9.68. The summed E-state index contributed by atoms with van der Waals surface area (Å²) in [4.78, 5) is 4.06. The maximum Gasteiger partial charge on any atom is 0.213 e. The Bertz CT molecular complexity index is 250. The molecule has 1 atom stereocenters. The van der Waals surface area contributed by atoms with Gasteiger partial charge in [0.05, 0.1) is 6.10 Å². The summed E-state index contributed by atoms with van der Waals surface area (Å²) in [6.45, 7) is 2.46. The van der Waals surface area contributed by atoms with Crippen LogP contribution in [0.3, 0.4) is 0 Å². The molecule has 4 heteroatoms. The standard InChI is InChI=1S/C9H12BrNO2/c1-7(12-2)6-13-9-4-3-8(10)5-11-9/h3-5,7H,6H2,1-2H3. The van der Waals surface area contributed by atoms with E-state index in [1.54, 1.807) is 13.3 Å². The molecule has 0 amide bonds. The highest BCUT2D eigenvalue weighted by Crippen LogP contribution is 2.12. The van der Waals surface area contributed by atoms with Gasteiger partial charge in [0.25, 0.3) is 0 Å². The Morgan fingerprint density at radius 2 is 2.31 bits per heavy atom. The molecule has 1 heterocycles. The number of aromatic nitrogens is 1. The van der Waals surface area contributed by atoms with Gasteiger partial charge in [-0.1, -0.05) is 0 Å². The van der Waals surface area contributed by atoms with Crippen LogP contribution in [0.5, 0.6) is 5.88 Å². The van der Waals surface area contributed by atoms with Crippen LogP contribution in [0.25, 0.3) is 0 Å². The van der Waals surface area contributed by atoms with Crippen molar-refractivity contribution in [3.8, 4) is 5.88 Å². The van der Waals surface area contributed by atoms with Crippen LogP contribution in [-0.4, -0.2) is 24.8 Å². The number of halogens is 1. The van der Waals surface area contributed by atoms with Crippen LogP contribution in [0.1, 0.15) is 6.92 Å². The van der Waals surface area contributed by atoms with E-state index >= 15 is 0 Å². The number of methoxy groups -OCH3 is 1. The first-order valence-corrected chi connectivity index (χ1v) is 4.79. The van der Waals surface area contributed by atoms with E-state index in [0.717, 1.165) is 4.47 Å². The van der Waals surface area contributed by atoms with Crippen LogP contribution in [0, 0.1) is 0 Å². The third-order valence-electron chi connectivity index (χ3n) is 1.57. The molecule has 3 nitrogen and oxygen atoms in total. The number of hydrogen-bond donors (Lipinski definition) is 0. The molecule has 0 aliphatic carbocycles. The van der Waals surface area contributed by atoms with Gasteiger partial charge in [-0.05, 0) is 28.9 Å². The van der Waals surface area contributed by atoms with Crippen LogP contribution < -0.4 is 4.74 Å². The first-order chi connectivity index (χ1) is 6.22. The van der Waals surface area contributed by atoms with Crippen LogP contribution in [-0.2, 0) is 4.74 Å². The van der Waals surface area contributed by atoms with Crippen molar-refractivity contribution < 1.29 is 9.47 Å². The van der Waals surface area contributed by atoms with E-state index in [1.165, 1.54) is 0 Å². The lowest BCUT2D eigenvalue weighted by Gasteiger charge is -2.10. The predicted octanol–water partition coefficient (Wildman–Crippen LogP) is 2.26. The number of ether oxygens (including phenoxy) is 2.